The summed E-state index contributed by atoms with van der Waals surface area (Å²) in [6.45, 7) is 7.09. The Kier molecular flexibility index (Phi) is 9.77. The lowest BCUT2D eigenvalue weighted by Crippen LogP contribution is -2.45. The number of hydrogen-bond acceptors (Lipinski definition) is 6. The summed E-state index contributed by atoms with van der Waals surface area (Å²) < 4.78 is 23.3. The van der Waals surface area contributed by atoms with Crippen molar-refractivity contribution in [3.8, 4) is 0 Å². The predicted octanol–water partition coefficient (Wildman–Crippen LogP) is 3.17. The van der Waals surface area contributed by atoms with E-state index in [1.165, 1.54) is 0 Å². The van der Waals surface area contributed by atoms with Crippen LogP contribution in [0.1, 0.15) is 27.7 Å². The lowest BCUT2D eigenvalue weighted by molar-refractivity contribution is 0.145. The fourth-order valence-electron chi connectivity index (χ4n) is 1.77. The first kappa shape index (κ1) is 20.3. The topological polar surface area (TPSA) is 97.3 Å². The molecule has 0 aliphatic rings. The molecular formula is C11H23ClN3O5P. The van der Waals surface area contributed by atoms with Gasteiger partial charge in [-0.25, -0.2) is 4.79 Å². The van der Waals surface area contributed by atoms with Crippen LogP contribution >= 0.6 is 19.2 Å². The number of hydrogen-bond donors (Lipinski definition) is 1. The molecule has 1 N–H and O–H groups in total. The smallest absolute Gasteiger partial charge is 0.335 e. The van der Waals surface area contributed by atoms with E-state index < -0.39 is 19.4 Å². The van der Waals surface area contributed by atoms with Crippen LogP contribution in [0.25, 0.3) is 0 Å². The van der Waals surface area contributed by atoms with E-state index in [0.29, 0.717) is 5.01 Å². The maximum Gasteiger partial charge on any atom is 0.355 e. The molecule has 0 saturated heterocycles. The summed E-state index contributed by atoms with van der Waals surface area (Å²) in [5.41, 5.74) is 0. The van der Waals surface area contributed by atoms with Gasteiger partial charge >= 0.3 is 13.6 Å². The van der Waals surface area contributed by atoms with Crippen LogP contribution < -0.4 is 5.32 Å². The van der Waals surface area contributed by atoms with E-state index in [0.717, 1.165) is 0 Å². The number of carbonyl (C=O) groups excluding carboxylic acids is 1. The van der Waals surface area contributed by atoms with Crippen LogP contribution in [-0.2, 0) is 13.6 Å². The molecule has 0 aromatic carbocycles. The van der Waals surface area contributed by atoms with Gasteiger partial charge in [0.1, 0.15) is 0 Å². The van der Waals surface area contributed by atoms with Crippen molar-refractivity contribution in [2.24, 2.45) is 11.2 Å². The van der Waals surface area contributed by atoms with Gasteiger partial charge in [-0.2, -0.15) is 5.01 Å². The first-order valence-electron chi connectivity index (χ1n) is 6.72. The molecule has 0 bridgehead atoms. The third-order valence-corrected chi connectivity index (χ3v) is 5.34. The minimum absolute atomic E-state index is 0.122. The average molecular weight is 344 g/mol. The molecule has 0 aliphatic heterocycles. The van der Waals surface area contributed by atoms with Gasteiger partial charge in [-0.3, -0.25) is 4.57 Å². The Morgan fingerprint density at radius 3 is 2.19 bits per heavy atom. The SMILES string of the molecule is CCOP(=O)(OCC)C(C(C)C)N(N=O)C(=O)NCCCl. The van der Waals surface area contributed by atoms with Crippen molar-refractivity contribution < 1.29 is 18.4 Å². The van der Waals surface area contributed by atoms with Crippen molar-refractivity contribution in [1.82, 2.24) is 10.3 Å². The molecule has 10 heteroatoms. The van der Waals surface area contributed by atoms with Crippen molar-refractivity contribution >= 4 is 25.2 Å². The maximum absolute atomic E-state index is 12.8. The molecule has 0 saturated carbocycles. The quantitative estimate of drug-likeness (QED) is 0.284. The van der Waals surface area contributed by atoms with E-state index in [2.05, 4.69) is 10.6 Å². The fraction of sp³-hybridized carbons (Fsp3) is 0.909. The van der Waals surface area contributed by atoms with E-state index in [-0.39, 0.29) is 31.6 Å². The number of carbonyl (C=O) groups is 1. The number of amides is 2. The van der Waals surface area contributed by atoms with E-state index in [1.54, 1.807) is 27.7 Å². The highest BCUT2D eigenvalue weighted by Crippen LogP contribution is 2.56. The summed E-state index contributed by atoms with van der Waals surface area (Å²) in [5.74, 6) is -1.29. The summed E-state index contributed by atoms with van der Waals surface area (Å²) in [5, 5.41) is 5.67. The van der Waals surface area contributed by atoms with E-state index in [4.69, 9.17) is 20.6 Å². The van der Waals surface area contributed by atoms with Gasteiger partial charge in [0.05, 0.1) is 18.5 Å². The summed E-state index contributed by atoms with van der Waals surface area (Å²) in [6, 6.07) is -0.788. The van der Waals surface area contributed by atoms with Crippen molar-refractivity contribution in [1.29, 1.82) is 0 Å². The molecule has 1 unspecified atom stereocenters. The van der Waals surface area contributed by atoms with E-state index >= 15 is 0 Å². The van der Waals surface area contributed by atoms with Gasteiger partial charge in [-0.1, -0.05) is 13.8 Å². The highest BCUT2D eigenvalue weighted by molar-refractivity contribution is 7.54. The Hall–Kier alpha value is -0.690. The third-order valence-electron chi connectivity index (χ3n) is 2.46. The lowest BCUT2D eigenvalue weighted by atomic mass is 10.2. The summed E-state index contributed by atoms with van der Waals surface area (Å²) >= 11 is 5.48. The normalized spacial score (nSPS) is 13.0. The molecule has 8 nitrogen and oxygen atoms in total. The molecule has 124 valence electrons. The Bertz CT molecular complexity index is 373. The molecule has 2 amide bonds. The van der Waals surface area contributed by atoms with Crippen molar-refractivity contribution in [2.75, 3.05) is 25.6 Å². The van der Waals surface area contributed by atoms with Crippen LogP contribution in [0, 0.1) is 10.8 Å². The number of halogens is 1. The number of alkyl halides is 1. The number of nitrogens with zero attached hydrogens (tertiary/aromatic N) is 2. The lowest BCUT2D eigenvalue weighted by Gasteiger charge is -2.32. The molecule has 1 atom stereocenters. The Morgan fingerprint density at radius 1 is 1.33 bits per heavy atom. The summed E-state index contributed by atoms with van der Waals surface area (Å²) in [6.07, 6.45) is 0. The monoisotopic (exact) mass is 343 g/mol. The van der Waals surface area contributed by atoms with Gasteiger partial charge in [0.25, 0.3) is 0 Å². The fourth-order valence-corrected chi connectivity index (χ4v) is 4.11. The highest BCUT2D eigenvalue weighted by atomic mass is 35.5. The standard InChI is InChI=1S/C11H23ClN3O5P/c1-5-19-21(18,20-6-2)10(9(3)4)15(14-17)11(16)13-8-7-12/h9-10H,5-8H2,1-4H3,(H,13,16). The van der Waals surface area contributed by atoms with Crippen LogP contribution in [0.15, 0.2) is 5.29 Å². The van der Waals surface area contributed by atoms with Crippen molar-refractivity contribution in [3.05, 3.63) is 4.91 Å². The molecule has 0 radical (unpaired) electrons. The number of rotatable bonds is 10. The number of nitrogens with one attached hydrogen (secondary N) is 1. The molecule has 0 heterocycles. The second kappa shape index (κ2) is 10.1. The van der Waals surface area contributed by atoms with Gasteiger partial charge in [0, 0.05) is 12.4 Å². The molecule has 21 heavy (non-hydrogen) atoms. The van der Waals surface area contributed by atoms with Gasteiger partial charge in [-0.15, -0.1) is 16.5 Å². The van der Waals surface area contributed by atoms with Crippen molar-refractivity contribution in [3.63, 3.8) is 0 Å². The highest BCUT2D eigenvalue weighted by Gasteiger charge is 2.45. The van der Waals surface area contributed by atoms with E-state index in [1.807, 2.05) is 0 Å². The molecule has 0 aliphatic carbocycles. The first-order chi connectivity index (χ1) is 9.87. The molecule has 0 aromatic heterocycles. The first-order valence-corrected chi connectivity index (χ1v) is 8.87. The molecule has 0 spiro atoms. The van der Waals surface area contributed by atoms with E-state index in [9.17, 15) is 14.3 Å². The van der Waals surface area contributed by atoms with Gasteiger partial charge in [0.15, 0.2) is 5.78 Å². The molecular weight excluding hydrogens is 321 g/mol. The predicted molar refractivity (Wildman–Crippen MR) is 81.2 cm³/mol. The Morgan fingerprint density at radius 2 is 1.86 bits per heavy atom. The molecule has 0 aromatic rings. The minimum atomic E-state index is -3.71. The minimum Gasteiger partial charge on any atom is -0.335 e. The van der Waals surface area contributed by atoms with Crippen LogP contribution in [0.2, 0.25) is 0 Å². The summed E-state index contributed by atoms with van der Waals surface area (Å²) in [7, 11) is -3.71. The average Bonchev–Trinajstić information content (AvgIpc) is 2.41. The molecule has 0 fully saturated rings. The number of nitroso groups, excluding NO2 is 1. The maximum atomic E-state index is 12.8. The van der Waals surface area contributed by atoms with Gasteiger partial charge in [0.2, 0.25) is 0 Å². The second-order valence-electron chi connectivity index (χ2n) is 4.38. The van der Waals surface area contributed by atoms with Crippen LogP contribution in [0.3, 0.4) is 0 Å². The van der Waals surface area contributed by atoms with Gasteiger partial charge < -0.3 is 14.4 Å². The molecule has 0 rings (SSSR count). The zero-order chi connectivity index (χ0) is 16.5. The number of urea groups is 1. The van der Waals surface area contributed by atoms with Crippen molar-refractivity contribution in [2.45, 2.75) is 33.5 Å². The Balaban J connectivity index is 5.44. The largest absolute Gasteiger partial charge is 0.355 e. The van der Waals surface area contributed by atoms with Crippen LogP contribution in [-0.4, -0.2) is 42.5 Å². The summed E-state index contributed by atoms with van der Waals surface area (Å²) in [4.78, 5) is 23.0. The van der Waals surface area contributed by atoms with Crippen LogP contribution in [0.5, 0.6) is 0 Å². The Labute approximate surface area is 130 Å². The van der Waals surface area contributed by atoms with Crippen LogP contribution in [0.4, 0.5) is 4.79 Å². The zero-order valence-electron chi connectivity index (χ0n) is 12.7. The van der Waals surface area contributed by atoms with Gasteiger partial charge in [-0.05, 0) is 19.8 Å². The zero-order valence-corrected chi connectivity index (χ0v) is 14.4. The second-order valence-corrected chi connectivity index (χ2v) is 6.88. The third kappa shape index (κ3) is 5.90.